The molecule has 0 amide bonds. The van der Waals surface area contributed by atoms with Crippen molar-refractivity contribution in [2.24, 2.45) is 0 Å². The highest BCUT2D eigenvalue weighted by Crippen LogP contribution is 2.15. The third-order valence-electron chi connectivity index (χ3n) is 1.74. The zero-order valence-electron chi connectivity index (χ0n) is 6.94. The highest BCUT2D eigenvalue weighted by atomic mass is 15.5. The van der Waals surface area contributed by atoms with E-state index >= 15 is 0 Å². The number of aromatic nitrogens is 4. The van der Waals surface area contributed by atoms with Gasteiger partial charge in [-0.15, -0.1) is 10.2 Å². The normalized spacial score (nSPS) is 9.85. The first-order valence-electron chi connectivity index (χ1n) is 3.86. The summed E-state index contributed by atoms with van der Waals surface area (Å²) in [7, 11) is 0. The first-order valence-corrected chi connectivity index (χ1v) is 3.86. The fraction of sp³-hybridized carbons (Fsp3) is 0. The van der Waals surface area contributed by atoms with E-state index in [4.69, 9.17) is 0 Å². The van der Waals surface area contributed by atoms with Gasteiger partial charge in [-0.25, -0.2) is 0 Å². The Morgan fingerprint density at radius 1 is 1.23 bits per heavy atom. The van der Waals surface area contributed by atoms with Crippen LogP contribution in [-0.2, 0) is 0 Å². The molecule has 1 N–H and O–H groups in total. The lowest BCUT2D eigenvalue weighted by molar-refractivity contribution is 0.881. The number of rotatable bonds is 2. The summed E-state index contributed by atoms with van der Waals surface area (Å²) in [5, 5.41) is 13.6. The molecule has 0 aliphatic rings. The summed E-state index contributed by atoms with van der Waals surface area (Å²) in [6, 6.07) is 9.76. The molecule has 0 radical (unpaired) electrons. The molecule has 0 aliphatic carbocycles. The van der Waals surface area contributed by atoms with E-state index in [-0.39, 0.29) is 0 Å². The molecule has 2 aromatic rings. The van der Waals surface area contributed by atoms with Crippen LogP contribution >= 0.6 is 0 Å². The quantitative estimate of drug-likeness (QED) is 0.741. The standard InChI is InChI=1S/C9H8N4/c1-7(9-10-12-13-11-9)8-5-3-2-4-6-8/h2-6H,1H2,(H,10,11,12,13). The SMILES string of the molecule is C=C(c1ccccc1)c1nn[nH]n1. The zero-order valence-corrected chi connectivity index (χ0v) is 6.94. The maximum absolute atomic E-state index is 3.88. The number of nitrogens with one attached hydrogen (secondary N) is 1. The van der Waals surface area contributed by atoms with Gasteiger partial charge in [0.25, 0.3) is 0 Å². The Bertz CT molecular complexity index is 391. The van der Waals surface area contributed by atoms with Crippen LogP contribution in [0.25, 0.3) is 5.57 Å². The number of hydrogen-bond donors (Lipinski definition) is 1. The average Bonchev–Trinajstić information content (AvgIpc) is 2.71. The van der Waals surface area contributed by atoms with E-state index in [0.29, 0.717) is 5.82 Å². The molecule has 64 valence electrons. The van der Waals surface area contributed by atoms with Crippen LogP contribution in [0.2, 0.25) is 0 Å². The van der Waals surface area contributed by atoms with E-state index in [1.165, 1.54) is 0 Å². The molecule has 1 aromatic heterocycles. The number of nitrogens with zero attached hydrogens (tertiary/aromatic N) is 3. The van der Waals surface area contributed by atoms with Crippen LogP contribution < -0.4 is 0 Å². The number of hydrogen-bond acceptors (Lipinski definition) is 3. The van der Waals surface area contributed by atoms with Crippen LogP contribution in [0.5, 0.6) is 0 Å². The number of aromatic amines is 1. The summed E-state index contributed by atoms with van der Waals surface area (Å²) in [6.07, 6.45) is 0. The molecule has 0 saturated carbocycles. The van der Waals surface area contributed by atoms with Gasteiger partial charge in [0.05, 0.1) is 0 Å². The molecule has 0 aliphatic heterocycles. The van der Waals surface area contributed by atoms with Gasteiger partial charge in [-0.1, -0.05) is 36.9 Å². The molecule has 0 atom stereocenters. The molecular weight excluding hydrogens is 164 g/mol. The summed E-state index contributed by atoms with van der Waals surface area (Å²) >= 11 is 0. The molecular formula is C9H8N4. The maximum atomic E-state index is 3.88. The van der Waals surface area contributed by atoms with Gasteiger partial charge in [-0.3, -0.25) is 0 Å². The van der Waals surface area contributed by atoms with Gasteiger partial charge in [0.2, 0.25) is 5.82 Å². The Hall–Kier alpha value is -1.97. The van der Waals surface area contributed by atoms with E-state index < -0.39 is 0 Å². The van der Waals surface area contributed by atoms with E-state index in [1.54, 1.807) is 0 Å². The summed E-state index contributed by atoms with van der Waals surface area (Å²) in [5.74, 6) is 0.534. The largest absolute Gasteiger partial charge is 0.204 e. The van der Waals surface area contributed by atoms with Crippen molar-refractivity contribution in [1.82, 2.24) is 20.6 Å². The molecule has 13 heavy (non-hydrogen) atoms. The number of tetrazole rings is 1. The van der Waals surface area contributed by atoms with Crippen molar-refractivity contribution in [3.63, 3.8) is 0 Å². The molecule has 0 fully saturated rings. The van der Waals surface area contributed by atoms with E-state index in [1.807, 2.05) is 30.3 Å². The Kier molecular flexibility index (Phi) is 1.88. The van der Waals surface area contributed by atoms with Gasteiger partial charge in [0.15, 0.2) is 0 Å². The molecule has 0 unspecified atom stereocenters. The molecule has 0 saturated heterocycles. The van der Waals surface area contributed by atoms with E-state index in [2.05, 4.69) is 27.2 Å². The summed E-state index contributed by atoms with van der Waals surface area (Å²) in [4.78, 5) is 0. The maximum Gasteiger partial charge on any atom is 0.204 e. The van der Waals surface area contributed by atoms with Gasteiger partial charge in [0.1, 0.15) is 0 Å². The minimum absolute atomic E-state index is 0.534. The van der Waals surface area contributed by atoms with Crippen molar-refractivity contribution in [3.8, 4) is 0 Å². The Balaban J connectivity index is 2.34. The van der Waals surface area contributed by atoms with Crippen LogP contribution in [0.4, 0.5) is 0 Å². The van der Waals surface area contributed by atoms with Crippen LogP contribution in [0.1, 0.15) is 11.4 Å². The van der Waals surface area contributed by atoms with Crippen molar-refractivity contribution in [2.75, 3.05) is 0 Å². The lowest BCUT2D eigenvalue weighted by Crippen LogP contribution is -1.88. The van der Waals surface area contributed by atoms with E-state index in [9.17, 15) is 0 Å². The summed E-state index contributed by atoms with van der Waals surface area (Å²) in [6.45, 7) is 3.88. The summed E-state index contributed by atoms with van der Waals surface area (Å²) in [5.41, 5.74) is 1.78. The van der Waals surface area contributed by atoms with Crippen molar-refractivity contribution >= 4 is 5.57 Å². The average molecular weight is 172 g/mol. The number of benzene rings is 1. The number of H-pyrrole nitrogens is 1. The fourth-order valence-electron chi connectivity index (χ4n) is 1.06. The van der Waals surface area contributed by atoms with Gasteiger partial charge in [-0.05, 0) is 10.8 Å². The summed E-state index contributed by atoms with van der Waals surface area (Å²) < 4.78 is 0. The smallest absolute Gasteiger partial charge is 0.177 e. The molecule has 4 nitrogen and oxygen atoms in total. The molecule has 0 bridgehead atoms. The fourth-order valence-corrected chi connectivity index (χ4v) is 1.06. The second-order valence-electron chi connectivity index (χ2n) is 2.58. The van der Waals surface area contributed by atoms with Crippen molar-refractivity contribution in [1.29, 1.82) is 0 Å². The molecule has 1 aromatic carbocycles. The molecule has 4 heteroatoms. The third-order valence-corrected chi connectivity index (χ3v) is 1.74. The zero-order chi connectivity index (χ0) is 9.10. The van der Waals surface area contributed by atoms with Crippen molar-refractivity contribution in [3.05, 3.63) is 48.3 Å². The van der Waals surface area contributed by atoms with E-state index in [0.717, 1.165) is 11.1 Å². The second-order valence-corrected chi connectivity index (χ2v) is 2.58. The van der Waals surface area contributed by atoms with Gasteiger partial charge in [0, 0.05) is 5.57 Å². The van der Waals surface area contributed by atoms with Crippen LogP contribution in [-0.4, -0.2) is 20.6 Å². The monoisotopic (exact) mass is 172 g/mol. The molecule has 2 rings (SSSR count). The molecule has 1 heterocycles. The Morgan fingerprint density at radius 2 is 2.00 bits per heavy atom. The minimum Gasteiger partial charge on any atom is -0.177 e. The van der Waals surface area contributed by atoms with Crippen LogP contribution in [0.3, 0.4) is 0 Å². The minimum atomic E-state index is 0.534. The highest BCUT2D eigenvalue weighted by molar-refractivity contribution is 5.73. The Morgan fingerprint density at radius 3 is 2.62 bits per heavy atom. The topological polar surface area (TPSA) is 54.5 Å². The lowest BCUT2D eigenvalue weighted by atomic mass is 10.1. The van der Waals surface area contributed by atoms with Gasteiger partial charge < -0.3 is 0 Å². The van der Waals surface area contributed by atoms with Gasteiger partial charge >= 0.3 is 0 Å². The predicted octanol–water partition coefficient (Wildman–Crippen LogP) is 1.26. The first-order chi connectivity index (χ1) is 6.38. The van der Waals surface area contributed by atoms with Gasteiger partial charge in [-0.2, -0.15) is 5.21 Å². The van der Waals surface area contributed by atoms with Crippen LogP contribution in [0, 0.1) is 0 Å². The highest BCUT2D eigenvalue weighted by Gasteiger charge is 2.04. The third kappa shape index (κ3) is 1.46. The van der Waals surface area contributed by atoms with Crippen LogP contribution in [0.15, 0.2) is 36.9 Å². The van der Waals surface area contributed by atoms with Crippen molar-refractivity contribution in [2.45, 2.75) is 0 Å². The lowest BCUT2D eigenvalue weighted by Gasteiger charge is -1.98. The predicted molar refractivity (Wildman–Crippen MR) is 48.8 cm³/mol. The second kappa shape index (κ2) is 3.18. The first kappa shape index (κ1) is 7.67. The Labute approximate surface area is 75.3 Å². The molecule has 0 spiro atoms. The van der Waals surface area contributed by atoms with Crippen molar-refractivity contribution < 1.29 is 0 Å².